The van der Waals surface area contributed by atoms with Gasteiger partial charge in [0, 0.05) is 23.1 Å². The molecule has 32 heavy (non-hydrogen) atoms. The highest BCUT2D eigenvalue weighted by atomic mass is 19.1. The lowest BCUT2D eigenvalue weighted by molar-refractivity contribution is 0.0946. The van der Waals surface area contributed by atoms with E-state index in [2.05, 4.69) is 20.4 Å². The van der Waals surface area contributed by atoms with E-state index in [-0.39, 0.29) is 24.4 Å². The van der Waals surface area contributed by atoms with Crippen molar-refractivity contribution < 1.29 is 18.7 Å². The van der Waals surface area contributed by atoms with Gasteiger partial charge in [0.25, 0.3) is 5.91 Å². The number of H-pyrrole nitrogens is 1. The molecule has 3 aromatic heterocycles. The molecule has 0 unspecified atom stereocenters. The molecule has 0 aliphatic rings. The van der Waals surface area contributed by atoms with Gasteiger partial charge in [-0.15, -0.1) is 0 Å². The molecule has 4 rings (SSSR count). The smallest absolute Gasteiger partial charge is 0.435 e. The second kappa shape index (κ2) is 8.62. The van der Waals surface area contributed by atoms with Gasteiger partial charge in [-0.1, -0.05) is 18.2 Å². The number of aromatic nitrogens is 4. The summed E-state index contributed by atoms with van der Waals surface area (Å²) < 4.78 is 20.1. The molecule has 9 heteroatoms. The number of carbonyl (C=O) groups excluding carboxylic acids is 2. The third kappa shape index (κ3) is 4.22. The van der Waals surface area contributed by atoms with Crippen LogP contribution < -0.4 is 5.32 Å². The van der Waals surface area contributed by atoms with Gasteiger partial charge in [-0.3, -0.25) is 4.79 Å². The van der Waals surface area contributed by atoms with E-state index in [1.165, 1.54) is 10.7 Å². The number of benzene rings is 1. The summed E-state index contributed by atoms with van der Waals surface area (Å²) in [5.41, 5.74) is 3.09. The molecule has 0 saturated carbocycles. The van der Waals surface area contributed by atoms with Crippen molar-refractivity contribution in [3.05, 3.63) is 71.4 Å². The zero-order chi connectivity index (χ0) is 22.8. The molecule has 0 aliphatic heterocycles. The Bertz CT molecular complexity index is 1310. The number of hydrogen-bond donors (Lipinski definition) is 2. The summed E-state index contributed by atoms with van der Waals surface area (Å²) in [7, 11) is 0. The molecule has 8 nitrogen and oxygen atoms in total. The number of halogens is 1. The number of carbonyl (C=O) groups is 2. The molecule has 0 saturated heterocycles. The summed E-state index contributed by atoms with van der Waals surface area (Å²) in [5, 5.41) is 7.56. The lowest BCUT2D eigenvalue weighted by Crippen LogP contribution is -2.23. The number of amides is 1. The molecule has 4 aromatic rings. The third-order valence-corrected chi connectivity index (χ3v) is 4.92. The van der Waals surface area contributed by atoms with E-state index >= 15 is 0 Å². The Morgan fingerprint density at radius 1 is 1.22 bits per heavy atom. The van der Waals surface area contributed by atoms with Gasteiger partial charge in [0.05, 0.1) is 23.7 Å². The molecule has 164 valence electrons. The van der Waals surface area contributed by atoms with Crippen LogP contribution in [0.2, 0.25) is 0 Å². The van der Waals surface area contributed by atoms with Gasteiger partial charge in [-0.05, 0) is 45.0 Å². The van der Waals surface area contributed by atoms with Crippen molar-refractivity contribution in [2.75, 3.05) is 0 Å². The van der Waals surface area contributed by atoms with Gasteiger partial charge in [-0.25, -0.2) is 14.2 Å². The van der Waals surface area contributed by atoms with Crippen LogP contribution in [0.4, 0.5) is 9.18 Å². The number of pyridine rings is 1. The summed E-state index contributed by atoms with van der Waals surface area (Å²) >= 11 is 0. The van der Waals surface area contributed by atoms with Crippen molar-refractivity contribution >= 4 is 23.0 Å². The highest BCUT2D eigenvalue weighted by Crippen LogP contribution is 2.24. The largest absolute Gasteiger partial charge is 0.445 e. The quantitative estimate of drug-likeness (QED) is 0.489. The fourth-order valence-electron chi connectivity index (χ4n) is 3.29. The van der Waals surface area contributed by atoms with Crippen molar-refractivity contribution in [3.8, 4) is 11.3 Å². The van der Waals surface area contributed by atoms with E-state index in [9.17, 15) is 14.0 Å². The van der Waals surface area contributed by atoms with Gasteiger partial charge in [0.1, 0.15) is 17.2 Å². The van der Waals surface area contributed by atoms with Gasteiger partial charge in [0.15, 0.2) is 0 Å². The van der Waals surface area contributed by atoms with Gasteiger partial charge in [-0.2, -0.15) is 9.78 Å². The first-order valence-electron chi connectivity index (χ1n) is 10.1. The van der Waals surface area contributed by atoms with Crippen LogP contribution in [-0.4, -0.2) is 37.9 Å². The maximum atomic E-state index is 13.8. The highest BCUT2D eigenvalue weighted by Gasteiger charge is 2.18. The molecule has 1 aromatic carbocycles. The van der Waals surface area contributed by atoms with Gasteiger partial charge < -0.3 is 15.0 Å². The van der Waals surface area contributed by atoms with Gasteiger partial charge >= 0.3 is 6.09 Å². The topological polar surface area (TPSA) is 102 Å². The molecule has 0 aliphatic carbocycles. The van der Waals surface area contributed by atoms with Crippen LogP contribution in [-0.2, 0) is 11.3 Å². The average molecular weight is 435 g/mol. The molecule has 1 amide bonds. The normalized spacial score (nSPS) is 11.2. The summed E-state index contributed by atoms with van der Waals surface area (Å²) in [6.07, 6.45) is 0.736. The van der Waals surface area contributed by atoms with Gasteiger partial charge in [0.2, 0.25) is 0 Å². The summed E-state index contributed by atoms with van der Waals surface area (Å²) in [6.45, 7) is 5.36. The lowest BCUT2D eigenvalue weighted by Gasteiger charge is -2.08. The minimum atomic E-state index is -0.557. The molecule has 0 spiro atoms. The van der Waals surface area contributed by atoms with Crippen LogP contribution in [0.5, 0.6) is 0 Å². The van der Waals surface area contributed by atoms with E-state index in [4.69, 9.17) is 4.74 Å². The lowest BCUT2D eigenvalue weighted by atomic mass is 10.1. The molecule has 0 atom stereocenters. The maximum absolute atomic E-state index is 13.8. The van der Waals surface area contributed by atoms with Crippen molar-refractivity contribution in [2.45, 2.75) is 33.4 Å². The summed E-state index contributed by atoms with van der Waals surface area (Å²) in [5.74, 6) is -0.739. The predicted molar refractivity (Wildman–Crippen MR) is 117 cm³/mol. The fourth-order valence-corrected chi connectivity index (χ4v) is 3.29. The number of ether oxygens (including phenoxy) is 1. The van der Waals surface area contributed by atoms with E-state index in [0.29, 0.717) is 33.9 Å². The first-order valence-corrected chi connectivity index (χ1v) is 10.1. The van der Waals surface area contributed by atoms with Crippen LogP contribution in [0.1, 0.15) is 35.6 Å². The fraction of sp³-hybridized carbons (Fsp3) is 0.217. The van der Waals surface area contributed by atoms with Crippen LogP contribution in [0.25, 0.3) is 22.3 Å². The van der Waals surface area contributed by atoms with Crippen LogP contribution in [0.15, 0.2) is 48.7 Å². The Hall–Kier alpha value is -4.01. The molecular weight excluding hydrogens is 413 g/mol. The van der Waals surface area contributed by atoms with Crippen molar-refractivity contribution in [3.63, 3.8) is 0 Å². The number of rotatable bonds is 5. The zero-order valence-electron chi connectivity index (χ0n) is 17.8. The summed E-state index contributed by atoms with van der Waals surface area (Å²) in [6, 6.07) is 11.6. The molecule has 2 N–H and O–H groups in total. The number of hydrogen-bond acceptors (Lipinski definition) is 5. The van der Waals surface area contributed by atoms with Crippen molar-refractivity contribution in [2.24, 2.45) is 0 Å². The Morgan fingerprint density at radius 2 is 2.00 bits per heavy atom. The number of aromatic amines is 1. The predicted octanol–water partition coefficient (Wildman–Crippen LogP) is 4.20. The first-order chi connectivity index (χ1) is 15.3. The van der Waals surface area contributed by atoms with Crippen molar-refractivity contribution in [1.82, 2.24) is 25.1 Å². The summed E-state index contributed by atoms with van der Waals surface area (Å²) in [4.78, 5) is 32.3. The number of nitrogens with zero attached hydrogens (tertiary/aromatic N) is 3. The molecule has 3 heterocycles. The number of nitrogens with one attached hydrogen (secondary N) is 2. The molecule has 0 radical (unpaired) electrons. The van der Waals surface area contributed by atoms with Crippen LogP contribution in [0, 0.1) is 12.7 Å². The van der Waals surface area contributed by atoms with E-state index in [0.717, 1.165) is 5.39 Å². The van der Waals surface area contributed by atoms with E-state index in [1.807, 2.05) is 6.07 Å². The zero-order valence-corrected chi connectivity index (χ0v) is 17.8. The standard InChI is InChI=1S/C23H22FN5O3/c1-13(2)32-23(31)29-14(3)17(12-26-29)19-9-8-15-10-20(28-21(15)27-19)22(30)25-11-16-6-4-5-7-18(16)24/h4-10,12-13H,11H2,1-3H3,(H,25,30)(H,27,28). The highest BCUT2D eigenvalue weighted by molar-refractivity contribution is 5.97. The maximum Gasteiger partial charge on any atom is 0.435 e. The first kappa shape index (κ1) is 21.2. The second-order valence-electron chi connectivity index (χ2n) is 7.58. The Labute approximate surface area is 183 Å². The van der Waals surface area contributed by atoms with E-state index < -0.39 is 6.09 Å². The molecular formula is C23H22FN5O3. The Kier molecular flexibility index (Phi) is 5.72. The average Bonchev–Trinajstić information content (AvgIpc) is 3.35. The van der Waals surface area contributed by atoms with E-state index in [1.54, 1.807) is 57.3 Å². The minimum absolute atomic E-state index is 0.0738. The van der Waals surface area contributed by atoms with Crippen LogP contribution in [0.3, 0.4) is 0 Å². The Balaban J connectivity index is 1.55. The molecule has 0 bridgehead atoms. The third-order valence-electron chi connectivity index (χ3n) is 4.92. The Morgan fingerprint density at radius 3 is 2.75 bits per heavy atom. The van der Waals surface area contributed by atoms with Crippen LogP contribution >= 0.6 is 0 Å². The van der Waals surface area contributed by atoms with Crippen molar-refractivity contribution in [1.29, 1.82) is 0 Å². The monoisotopic (exact) mass is 435 g/mol. The minimum Gasteiger partial charge on any atom is -0.445 e. The molecule has 0 fully saturated rings. The second-order valence-corrected chi connectivity index (χ2v) is 7.58. The number of fused-ring (bicyclic) bond motifs is 1. The SMILES string of the molecule is Cc1c(-c2ccc3cc(C(=O)NCc4ccccc4F)[nH]c3n2)cnn1C(=O)OC(C)C.